The predicted molar refractivity (Wildman–Crippen MR) is 131 cm³/mol. The van der Waals surface area contributed by atoms with Crippen molar-refractivity contribution < 1.29 is 4.74 Å². The van der Waals surface area contributed by atoms with Gasteiger partial charge in [0, 0.05) is 18.0 Å². The van der Waals surface area contributed by atoms with Crippen LogP contribution >= 0.6 is 11.3 Å². The number of aromatic nitrogens is 2. The highest BCUT2D eigenvalue weighted by atomic mass is 32.1. The fourth-order valence-electron chi connectivity index (χ4n) is 4.24. The Hall–Kier alpha value is -3.16. The normalized spacial score (nSPS) is 15.7. The maximum absolute atomic E-state index is 12.7. The zero-order chi connectivity index (χ0) is 22.1. The maximum Gasteiger partial charge on any atom is 0.259 e. The van der Waals surface area contributed by atoms with E-state index in [0.717, 1.165) is 46.3 Å². The SMILES string of the molecule is CCN1C[C@@H](CN(C)Cc2nc3sc(-c4ccccc4)cc3c(=O)[nH]2)Oc2ccccc21. The van der Waals surface area contributed by atoms with Crippen LogP contribution < -0.4 is 15.2 Å². The maximum atomic E-state index is 12.7. The zero-order valence-corrected chi connectivity index (χ0v) is 19.1. The van der Waals surface area contributed by atoms with E-state index in [2.05, 4.69) is 39.9 Å². The Bertz CT molecular complexity index is 1280. The molecule has 164 valence electrons. The van der Waals surface area contributed by atoms with Gasteiger partial charge in [0.05, 0.1) is 24.2 Å². The quantitative estimate of drug-likeness (QED) is 0.477. The van der Waals surface area contributed by atoms with Gasteiger partial charge in [-0.3, -0.25) is 9.69 Å². The number of nitrogens with one attached hydrogen (secondary N) is 1. The Kier molecular flexibility index (Phi) is 5.68. The van der Waals surface area contributed by atoms with Gasteiger partial charge in [0.15, 0.2) is 0 Å². The second-order valence-corrected chi connectivity index (χ2v) is 9.18. The second-order valence-electron chi connectivity index (χ2n) is 8.15. The van der Waals surface area contributed by atoms with Crippen molar-refractivity contribution in [1.29, 1.82) is 0 Å². The molecule has 32 heavy (non-hydrogen) atoms. The summed E-state index contributed by atoms with van der Waals surface area (Å²) in [6, 6.07) is 20.2. The fourth-order valence-corrected chi connectivity index (χ4v) is 5.29. The van der Waals surface area contributed by atoms with Crippen LogP contribution in [0.3, 0.4) is 0 Å². The molecule has 0 saturated carbocycles. The summed E-state index contributed by atoms with van der Waals surface area (Å²) in [5.41, 5.74) is 2.16. The lowest BCUT2D eigenvalue weighted by Crippen LogP contribution is -2.45. The molecule has 0 saturated heterocycles. The van der Waals surface area contributed by atoms with E-state index in [0.29, 0.717) is 17.8 Å². The monoisotopic (exact) mass is 446 g/mol. The van der Waals surface area contributed by atoms with Crippen molar-refractivity contribution in [3.05, 3.63) is 76.8 Å². The fraction of sp³-hybridized carbons (Fsp3) is 0.280. The summed E-state index contributed by atoms with van der Waals surface area (Å²) in [4.78, 5) is 26.7. The number of hydrogen-bond donors (Lipinski definition) is 1. The van der Waals surface area contributed by atoms with Crippen molar-refractivity contribution in [2.45, 2.75) is 19.6 Å². The number of hydrogen-bond acceptors (Lipinski definition) is 6. The molecule has 0 fully saturated rings. The van der Waals surface area contributed by atoms with Crippen LogP contribution in [-0.4, -0.2) is 47.7 Å². The molecule has 7 heteroatoms. The number of thiophene rings is 1. The predicted octanol–water partition coefficient (Wildman–Crippen LogP) is 4.37. The lowest BCUT2D eigenvalue weighted by atomic mass is 10.2. The number of likely N-dealkylation sites (N-methyl/N-ethyl adjacent to an activating group) is 2. The molecule has 4 aromatic rings. The Balaban J connectivity index is 1.32. The van der Waals surface area contributed by atoms with E-state index in [1.807, 2.05) is 49.5 Å². The van der Waals surface area contributed by atoms with Gasteiger partial charge in [0.2, 0.25) is 0 Å². The number of fused-ring (bicyclic) bond motifs is 2. The number of anilines is 1. The minimum Gasteiger partial charge on any atom is -0.485 e. The summed E-state index contributed by atoms with van der Waals surface area (Å²) in [6.45, 7) is 5.24. The van der Waals surface area contributed by atoms with Crippen molar-refractivity contribution in [3.8, 4) is 16.2 Å². The average Bonchev–Trinajstić information content (AvgIpc) is 3.24. The van der Waals surface area contributed by atoms with Gasteiger partial charge in [-0.2, -0.15) is 0 Å². The van der Waals surface area contributed by atoms with E-state index in [1.54, 1.807) is 11.3 Å². The van der Waals surface area contributed by atoms with Crippen LogP contribution in [0.4, 0.5) is 5.69 Å². The van der Waals surface area contributed by atoms with Crippen molar-refractivity contribution in [3.63, 3.8) is 0 Å². The number of nitrogens with zero attached hydrogens (tertiary/aromatic N) is 3. The van der Waals surface area contributed by atoms with E-state index in [1.165, 1.54) is 0 Å². The molecule has 0 radical (unpaired) electrons. The van der Waals surface area contributed by atoms with Crippen LogP contribution in [0.15, 0.2) is 65.5 Å². The molecule has 2 aromatic heterocycles. The number of H-pyrrole nitrogens is 1. The third-order valence-corrected chi connectivity index (χ3v) is 6.83. The van der Waals surface area contributed by atoms with Crippen LogP contribution in [0.1, 0.15) is 12.7 Å². The molecule has 6 nitrogen and oxygen atoms in total. The third-order valence-electron chi connectivity index (χ3n) is 5.75. The molecule has 0 spiro atoms. The highest BCUT2D eigenvalue weighted by Crippen LogP contribution is 2.33. The molecular weight excluding hydrogens is 420 g/mol. The average molecular weight is 447 g/mol. The molecule has 5 rings (SSSR count). The first kappa shape index (κ1) is 20.7. The number of para-hydroxylation sites is 2. The first-order valence-electron chi connectivity index (χ1n) is 10.9. The molecule has 1 aliphatic rings. The van der Waals surface area contributed by atoms with Crippen molar-refractivity contribution in [1.82, 2.24) is 14.9 Å². The highest BCUT2D eigenvalue weighted by Gasteiger charge is 2.25. The van der Waals surface area contributed by atoms with Gasteiger partial charge in [-0.05, 0) is 37.7 Å². The van der Waals surface area contributed by atoms with Crippen LogP contribution in [0.2, 0.25) is 0 Å². The van der Waals surface area contributed by atoms with Gasteiger partial charge in [0.1, 0.15) is 22.5 Å². The summed E-state index contributed by atoms with van der Waals surface area (Å²) in [5.74, 6) is 1.61. The Morgan fingerprint density at radius 1 is 1.19 bits per heavy atom. The molecule has 0 unspecified atom stereocenters. The minimum absolute atomic E-state index is 0.0525. The third kappa shape index (κ3) is 4.13. The molecule has 2 aromatic carbocycles. The van der Waals surface area contributed by atoms with Crippen molar-refractivity contribution >= 4 is 27.2 Å². The largest absolute Gasteiger partial charge is 0.485 e. The standard InChI is InChI=1S/C25H26N4O2S/c1-3-29-15-18(31-21-12-8-7-11-20(21)29)14-28(2)16-23-26-24(30)19-13-22(32-25(19)27-23)17-9-5-4-6-10-17/h4-13,18H,3,14-16H2,1-2H3,(H,26,27,30)/t18-/m1/s1. The second kappa shape index (κ2) is 8.76. The van der Waals surface area contributed by atoms with Crippen molar-refractivity contribution in [2.75, 3.05) is 31.6 Å². The Morgan fingerprint density at radius 2 is 1.97 bits per heavy atom. The highest BCUT2D eigenvalue weighted by molar-refractivity contribution is 7.21. The summed E-state index contributed by atoms with van der Waals surface area (Å²) < 4.78 is 6.25. The molecule has 1 atom stereocenters. The molecular formula is C25H26N4O2S. The first-order chi connectivity index (χ1) is 15.6. The molecule has 1 aliphatic heterocycles. The van der Waals surface area contributed by atoms with Gasteiger partial charge in [-0.1, -0.05) is 42.5 Å². The molecule has 0 bridgehead atoms. The van der Waals surface area contributed by atoms with Gasteiger partial charge in [-0.15, -0.1) is 11.3 Å². The number of ether oxygens (including phenoxy) is 1. The lowest BCUT2D eigenvalue weighted by Gasteiger charge is -2.37. The van der Waals surface area contributed by atoms with E-state index in [9.17, 15) is 4.79 Å². The number of aromatic amines is 1. The molecule has 0 aliphatic carbocycles. The van der Waals surface area contributed by atoms with E-state index < -0.39 is 0 Å². The summed E-state index contributed by atoms with van der Waals surface area (Å²) >= 11 is 1.56. The number of rotatable bonds is 6. The van der Waals surface area contributed by atoms with Crippen LogP contribution in [0, 0.1) is 0 Å². The molecule has 1 N–H and O–H groups in total. The van der Waals surface area contributed by atoms with Gasteiger partial charge < -0.3 is 14.6 Å². The smallest absolute Gasteiger partial charge is 0.259 e. The van der Waals surface area contributed by atoms with Crippen LogP contribution in [0.5, 0.6) is 5.75 Å². The van der Waals surface area contributed by atoms with Gasteiger partial charge in [0.25, 0.3) is 5.56 Å². The van der Waals surface area contributed by atoms with Crippen LogP contribution in [0.25, 0.3) is 20.7 Å². The Morgan fingerprint density at radius 3 is 2.78 bits per heavy atom. The zero-order valence-electron chi connectivity index (χ0n) is 18.2. The van der Waals surface area contributed by atoms with E-state index in [4.69, 9.17) is 9.72 Å². The lowest BCUT2D eigenvalue weighted by molar-refractivity contribution is 0.138. The van der Waals surface area contributed by atoms with Gasteiger partial charge in [-0.25, -0.2) is 4.98 Å². The minimum atomic E-state index is -0.0863. The number of benzene rings is 2. The van der Waals surface area contributed by atoms with E-state index >= 15 is 0 Å². The molecule has 0 amide bonds. The Labute approximate surface area is 191 Å². The van der Waals surface area contributed by atoms with Gasteiger partial charge >= 0.3 is 0 Å². The van der Waals surface area contributed by atoms with Crippen LogP contribution in [-0.2, 0) is 6.54 Å². The van der Waals surface area contributed by atoms with Crippen molar-refractivity contribution in [2.24, 2.45) is 0 Å². The summed E-state index contributed by atoms with van der Waals surface area (Å²) in [5, 5.41) is 0.645. The first-order valence-corrected chi connectivity index (χ1v) is 11.7. The summed E-state index contributed by atoms with van der Waals surface area (Å²) in [7, 11) is 2.04. The van der Waals surface area contributed by atoms with E-state index in [-0.39, 0.29) is 11.7 Å². The molecule has 3 heterocycles. The summed E-state index contributed by atoms with van der Waals surface area (Å²) in [6.07, 6.45) is 0.0525. The topological polar surface area (TPSA) is 61.5 Å².